The van der Waals surface area contributed by atoms with Crippen LogP contribution in [0.4, 0.5) is 0 Å². The number of hydrogen-bond acceptors (Lipinski definition) is 2. The van der Waals surface area contributed by atoms with Gasteiger partial charge in [0.2, 0.25) is 0 Å². The normalized spacial score (nSPS) is 24.2. The molecule has 0 bridgehead atoms. The van der Waals surface area contributed by atoms with Gasteiger partial charge in [0.25, 0.3) is 0 Å². The van der Waals surface area contributed by atoms with Crippen LogP contribution in [0.1, 0.15) is 19.8 Å². The van der Waals surface area contributed by atoms with Crippen LogP contribution in [0.3, 0.4) is 0 Å². The van der Waals surface area contributed by atoms with Crippen LogP contribution in [-0.2, 0) is 4.79 Å². The van der Waals surface area contributed by atoms with Crippen molar-refractivity contribution in [1.29, 1.82) is 0 Å². The predicted octanol–water partition coefficient (Wildman–Crippen LogP) is 1.47. The Morgan fingerprint density at radius 2 is 2.50 bits per heavy atom. The standard InChI is InChI=1S/C10H17NO/c1-3-11-5-4-10(7-11)6-9(2)8-12/h8,10H,2-7H2,1H3. The molecule has 1 aliphatic heterocycles. The molecule has 1 atom stereocenters. The molecule has 68 valence electrons. The maximum atomic E-state index is 10.3. The molecule has 0 aromatic heterocycles. The summed E-state index contributed by atoms with van der Waals surface area (Å²) < 4.78 is 0. The van der Waals surface area contributed by atoms with E-state index < -0.39 is 0 Å². The molecule has 0 saturated carbocycles. The summed E-state index contributed by atoms with van der Waals surface area (Å²) in [5.74, 6) is 0.669. The minimum absolute atomic E-state index is 0.669. The molecule has 0 aliphatic carbocycles. The predicted molar refractivity (Wildman–Crippen MR) is 50.0 cm³/mol. The maximum absolute atomic E-state index is 10.3. The third kappa shape index (κ3) is 2.45. The van der Waals surface area contributed by atoms with Crippen molar-refractivity contribution < 1.29 is 4.79 Å². The molecule has 1 rings (SSSR count). The number of carbonyl (C=O) groups excluding carboxylic acids is 1. The van der Waals surface area contributed by atoms with Gasteiger partial charge in [-0.25, -0.2) is 0 Å². The summed E-state index contributed by atoms with van der Waals surface area (Å²) in [6, 6.07) is 0. The zero-order chi connectivity index (χ0) is 8.97. The van der Waals surface area contributed by atoms with E-state index in [2.05, 4.69) is 18.4 Å². The van der Waals surface area contributed by atoms with Crippen LogP contribution in [0.5, 0.6) is 0 Å². The van der Waals surface area contributed by atoms with E-state index in [1.165, 1.54) is 13.0 Å². The Bertz CT molecular complexity index is 177. The van der Waals surface area contributed by atoms with Gasteiger partial charge in [0.1, 0.15) is 6.29 Å². The molecule has 0 aromatic rings. The third-order valence-corrected chi connectivity index (χ3v) is 2.53. The van der Waals surface area contributed by atoms with Crippen LogP contribution < -0.4 is 0 Å². The Morgan fingerprint density at radius 3 is 3.00 bits per heavy atom. The molecule has 0 spiro atoms. The van der Waals surface area contributed by atoms with Crippen LogP contribution in [0.25, 0.3) is 0 Å². The van der Waals surface area contributed by atoms with Crippen LogP contribution >= 0.6 is 0 Å². The molecule has 2 nitrogen and oxygen atoms in total. The average molecular weight is 167 g/mol. The van der Waals surface area contributed by atoms with E-state index in [-0.39, 0.29) is 0 Å². The quantitative estimate of drug-likeness (QED) is 0.467. The third-order valence-electron chi connectivity index (χ3n) is 2.53. The van der Waals surface area contributed by atoms with Gasteiger partial charge in [-0.2, -0.15) is 0 Å². The van der Waals surface area contributed by atoms with Crippen LogP contribution in [-0.4, -0.2) is 30.8 Å². The number of hydrogen-bond donors (Lipinski definition) is 0. The minimum Gasteiger partial charge on any atom is -0.303 e. The fourth-order valence-electron chi connectivity index (χ4n) is 1.79. The van der Waals surface area contributed by atoms with Crippen molar-refractivity contribution in [2.24, 2.45) is 5.92 Å². The first-order valence-corrected chi connectivity index (χ1v) is 4.61. The second kappa shape index (κ2) is 4.41. The van der Waals surface area contributed by atoms with Gasteiger partial charge < -0.3 is 4.90 Å². The zero-order valence-electron chi connectivity index (χ0n) is 7.75. The number of rotatable bonds is 4. The summed E-state index contributed by atoms with van der Waals surface area (Å²) in [6.45, 7) is 9.34. The molecular formula is C10H17NO. The monoisotopic (exact) mass is 167 g/mol. The minimum atomic E-state index is 0.669. The van der Waals surface area contributed by atoms with Crippen LogP contribution in [0.2, 0.25) is 0 Å². The van der Waals surface area contributed by atoms with Crippen molar-refractivity contribution in [1.82, 2.24) is 4.90 Å². The number of likely N-dealkylation sites (tertiary alicyclic amines) is 1. The number of allylic oxidation sites excluding steroid dienone is 1. The summed E-state index contributed by atoms with van der Waals surface area (Å²) in [6.07, 6.45) is 3.00. The number of aldehydes is 1. The summed E-state index contributed by atoms with van der Waals surface area (Å²) in [4.78, 5) is 12.7. The van der Waals surface area contributed by atoms with E-state index in [0.717, 1.165) is 31.4 Å². The molecule has 1 saturated heterocycles. The van der Waals surface area contributed by atoms with Crippen LogP contribution in [0, 0.1) is 5.92 Å². The highest BCUT2D eigenvalue weighted by Crippen LogP contribution is 2.21. The van der Waals surface area contributed by atoms with E-state index in [1.54, 1.807) is 0 Å². The first kappa shape index (κ1) is 9.46. The largest absolute Gasteiger partial charge is 0.303 e. The van der Waals surface area contributed by atoms with Gasteiger partial charge in [0.15, 0.2) is 0 Å². The summed E-state index contributed by atoms with van der Waals surface area (Å²) in [5, 5.41) is 0. The number of nitrogens with zero attached hydrogens (tertiary/aromatic N) is 1. The zero-order valence-corrected chi connectivity index (χ0v) is 7.75. The van der Waals surface area contributed by atoms with Gasteiger partial charge in [-0.1, -0.05) is 13.5 Å². The van der Waals surface area contributed by atoms with Crippen molar-refractivity contribution in [2.75, 3.05) is 19.6 Å². The van der Waals surface area contributed by atoms with Crippen molar-refractivity contribution in [3.05, 3.63) is 12.2 Å². The van der Waals surface area contributed by atoms with Gasteiger partial charge in [-0.15, -0.1) is 0 Å². The fourth-order valence-corrected chi connectivity index (χ4v) is 1.79. The van der Waals surface area contributed by atoms with Crippen molar-refractivity contribution in [3.8, 4) is 0 Å². The van der Waals surface area contributed by atoms with Crippen molar-refractivity contribution >= 4 is 6.29 Å². The average Bonchev–Trinajstić information content (AvgIpc) is 2.52. The lowest BCUT2D eigenvalue weighted by atomic mass is 10.0. The summed E-state index contributed by atoms with van der Waals surface area (Å²) in [7, 11) is 0. The SMILES string of the molecule is C=C(C=O)CC1CCN(CC)C1. The first-order valence-electron chi connectivity index (χ1n) is 4.61. The van der Waals surface area contributed by atoms with Gasteiger partial charge in [0.05, 0.1) is 0 Å². The molecule has 1 aliphatic rings. The van der Waals surface area contributed by atoms with Gasteiger partial charge in [-0.3, -0.25) is 4.79 Å². The second-order valence-corrected chi connectivity index (χ2v) is 3.53. The molecule has 0 radical (unpaired) electrons. The smallest absolute Gasteiger partial charge is 0.145 e. The molecule has 1 unspecified atom stereocenters. The summed E-state index contributed by atoms with van der Waals surface area (Å²) >= 11 is 0. The van der Waals surface area contributed by atoms with Crippen molar-refractivity contribution in [3.63, 3.8) is 0 Å². The number of carbonyl (C=O) groups is 1. The van der Waals surface area contributed by atoms with Crippen molar-refractivity contribution in [2.45, 2.75) is 19.8 Å². The van der Waals surface area contributed by atoms with E-state index in [9.17, 15) is 4.79 Å². The van der Waals surface area contributed by atoms with Gasteiger partial charge in [-0.05, 0) is 37.4 Å². The fraction of sp³-hybridized carbons (Fsp3) is 0.700. The Balaban J connectivity index is 2.27. The van der Waals surface area contributed by atoms with Gasteiger partial charge in [0, 0.05) is 6.54 Å². The Morgan fingerprint density at radius 1 is 1.75 bits per heavy atom. The highest BCUT2D eigenvalue weighted by Gasteiger charge is 2.21. The van der Waals surface area contributed by atoms with Crippen LogP contribution in [0.15, 0.2) is 12.2 Å². The second-order valence-electron chi connectivity index (χ2n) is 3.53. The Labute approximate surface area is 74.2 Å². The molecule has 12 heavy (non-hydrogen) atoms. The Hall–Kier alpha value is -0.630. The molecule has 0 N–H and O–H groups in total. The molecule has 0 aromatic carbocycles. The van der Waals surface area contributed by atoms with E-state index in [1.807, 2.05) is 0 Å². The van der Waals surface area contributed by atoms with E-state index in [0.29, 0.717) is 5.92 Å². The lowest BCUT2D eigenvalue weighted by Crippen LogP contribution is -2.19. The molecular weight excluding hydrogens is 150 g/mol. The Kier molecular flexibility index (Phi) is 3.48. The molecule has 0 amide bonds. The van der Waals surface area contributed by atoms with E-state index in [4.69, 9.17) is 0 Å². The topological polar surface area (TPSA) is 20.3 Å². The summed E-state index contributed by atoms with van der Waals surface area (Å²) in [5.41, 5.74) is 0.748. The highest BCUT2D eigenvalue weighted by atomic mass is 16.1. The lowest BCUT2D eigenvalue weighted by Gasteiger charge is -2.12. The highest BCUT2D eigenvalue weighted by molar-refractivity contribution is 5.71. The first-order chi connectivity index (χ1) is 5.76. The molecule has 2 heteroatoms. The maximum Gasteiger partial charge on any atom is 0.145 e. The molecule has 1 heterocycles. The van der Waals surface area contributed by atoms with Gasteiger partial charge >= 0.3 is 0 Å². The molecule has 1 fully saturated rings. The lowest BCUT2D eigenvalue weighted by molar-refractivity contribution is -0.105. The van der Waals surface area contributed by atoms with E-state index >= 15 is 0 Å².